The van der Waals surface area contributed by atoms with E-state index in [1.54, 1.807) is 19.2 Å². The molecule has 0 aliphatic rings. The third-order valence-electron chi connectivity index (χ3n) is 4.60. The summed E-state index contributed by atoms with van der Waals surface area (Å²) in [5, 5.41) is 1.91. The molecule has 0 radical (unpaired) electrons. The highest BCUT2D eigenvalue weighted by Crippen LogP contribution is 2.23. The van der Waals surface area contributed by atoms with Crippen LogP contribution < -0.4 is 9.46 Å². The zero-order valence-electron chi connectivity index (χ0n) is 15.7. The molecule has 0 bridgehead atoms. The molecule has 0 spiro atoms. The topological polar surface area (TPSA) is 58.6 Å². The van der Waals surface area contributed by atoms with E-state index >= 15 is 0 Å². The fourth-order valence-corrected chi connectivity index (χ4v) is 4.13. The van der Waals surface area contributed by atoms with Gasteiger partial charge in [-0.25, -0.2) is 13.1 Å². The van der Waals surface area contributed by atoms with Crippen LogP contribution in [-0.4, -0.2) is 41.1 Å². The number of hydrogen-bond donors (Lipinski definition) is 1. The van der Waals surface area contributed by atoms with Crippen molar-refractivity contribution in [2.45, 2.75) is 10.9 Å². The molecule has 3 rings (SSSR count). The van der Waals surface area contributed by atoms with Gasteiger partial charge in [0, 0.05) is 12.6 Å². The molecule has 0 fully saturated rings. The van der Waals surface area contributed by atoms with Crippen LogP contribution in [0.25, 0.3) is 10.8 Å². The Kier molecular flexibility index (Phi) is 5.79. The fraction of sp³-hybridized carbons (Fsp3) is 0.238. The minimum atomic E-state index is -3.61. The van der Waals surface area contributed by atoms with Crippen molar-refractivity contribution in [3.05, 3.63) is 72.3 Å². The smallest absolute Gasteiger partial charge is 0.240 e. The lowest BCUT2D eigenvalue weighted by Crippen LogP contribution is -2.34. The first kappa shape index (κ1) is 19.4. The Morgan fingerprint density at radius 1 is 0.963 bits per heavy atom. The third-order valence-corrected chi connectivity index (χ3v) is 6.02. The molecule has 3 aromatic rings. The van der Waals surface area contributed by atoms with E-state index in [0.29, 0.717) is 0 Å². The van der Waals surface area contributed by atoms with E-state index in [2.05, 4.69) is 4.72 Å². The van der Waals surface area contributed by atoms with Crippen molar-refractivity contribution in [1.82, 2.24) is 9.62 Å². The van der Waals surface area contributed by atoms with Gasteiger partial charge in [-0.3, -0.25) is 0 Å². The van der Waals surface area contributed by atoms with E-state index in [1.165, 1.54) is 0 Å². The van der Waals surface area contributed by atoms with Gasteiger partial charge in [0.1, 0.15) is 5.75 Å². The van der Waals surface area contributed by atoms with E-state index in [-0.39, 0.29) is 17.5 Å². The first-order valence-corrected chi connectivity index (χ1v) is 10.2. The second kappa shape index (κ2) is 8.08. The minimum absolute atomic E-state index is 0.115. The van der Waals surface area contributed by atoms with Gasteiger partial charge in [0.05, 0.1) is 12.0 Å². The number of hydrogen-bond acceptors (Lipinski definition) is 4. The Labute approximate surface area is 160 Å². The Bertz CT molecular complexity index is 1030. The summed E-state index contributed by atoms with van der Waals surface area (Å²) in [6.45, 7) is 0.259. The lowest BCUT2D eigenvalue weighted by Gasteiger charge is -2.25. The summed E-state index contributed by atoms with van der Waals surface area (Å²) < 4.78 is 33.6. The third kappa shape index (κ3) is 4.47. The molecule has 27 heavy (non-hydrogen) atoms. The quantitative estimate of drug-likeness (QED) is 0.678. The summed E-state index contributed by atoms with van der Waals surface area (Å²) >= 11 is 0. The molecular weight excluding hydrogens is 360 g/mol. The summed E-state index contributed by atoms with van der Waals surface area (Å²) in [7, 11) is 1.86. The number of fused-ring (bicyclic) bond motifs is 1. The minimum Gasteiger partial charge on any atom is -0.497 e. The Morgan fingerprint density at radius 2 is 1.70 bits per heavy atom. The standard InChI is InChI=1S/C21H24N2O3S/c1-23(2)21(18-9-6-10-19(13-18)26-3)15-22-27(24,25)20-12-11-16-7-4-5-8-17(16)14-20/h4-14,21-22H,15H2,1-3H3. The molecule has 1 unspecified atom stereocenters. The first-order chi connectivity index (χ1) is 12.9. The van der Waals surface area contributed by atoms with Gasteiger partial charge in [0.2, 0.25) is 10.0 Å². The number of nitrogens with zero attached hydrogens (tertiary/aromatic N) is 1. The van der Waals surface area contributed by atoms with Crippen LogP contribution in [0.4, 0.5) is 0 Å². The van der Waals surface area contributed by atoms with E-state index in [9.17, 15) is 8.42 Å². The predicted octanol–water partition coefficient (Wildman–Crippen LogP) is 3.43. The van der Waals surface area contributed by atoms with Gasteiger partial charge in [-0.05, 0) is 54.7 Å². The average Bonchev–Trinajstić information content (AvgIpc) is 2.67. The molecule has 0 aliphatic heterocycles. The van der Waals surface area contributed by atoms with E-state index < -0.39 is 10.0 Å². The maximum Gasteiger partial charge on any atom is 0.240 e. The van der Waals surface area contributed by atoms with Crippen LogP contribution in [0, 0.1) is 0 Å². The Balaban J connectivity index is 1.82. The number of ether oxygens (including phenoxy) is 1. The molecular formula is C21H24N2O3S. The van der Waals surface area contributed by atoms with Crippen LogP contribution in [-0.2, 0) is 10.0 Å². The van der Waals surface area contributed by atoms with E-state index in [1.807, 2.05) is 73.6 Å². The second-order valence-corrected chi connectivity index (χ2v) is 8.38. The zero-order valence-corrected chi connectivity index (χ0v) is 16.5. The number of rotatable bonds is 7. The highest BCUT2D eigenvalue weighted by molar-refractivity contribution is 7.89. The van der Waals surface area contributed by atoms with Gasteiger partial charge < -0.3 is 9.64 Å². The highest BCUT2D eigenvalue weighted by atomic mass is 32.2. The zero-order chi connectivity index (χ0) is 19.4. The molecule has 0 saturated heterocycles. The average molecular weight is 385 g/mol. The Morgan fingerprint density at radius 3 is 2.41 bits per heavy atom. The largest absolute Gasteiger partial charge is 0.497 e. The summed E-state index contributed by atoms with van der Waals surface area (Å²) in [6, 6.07) is 20.4. The summed E-state index contributed by atoms with van der Waals surface area (Å²) in [6.07, 6.45) is 0. The van der Waals surface area contributed by atoms with Crippen molar-refractivity contribution < 1.29 is 13.2 Å². The van der Waals surface area contributed by atoms with Gasteiger partial charge in [-0.15, -0.1) is 0 Å². The predicted molar refractivity (Wildman–Crippen MR) is 109 cm³/mol. The van der Waals surface area contributed by atoms with Crippen molar-refractivity contribution in [2.75, 3.05) is 27.7 Å². The molecule has 0 aromatic heterocycles. The lowest BCUT2D eigenvalue weighted by atomic mass is 10.1. The fourth-order valence-electron chi connectivity index (χ4n) is 3.05. The van der Waals surface area contributed by atoms with Gasteiger partial charge >= 0.3 is 0 Å². The molecule has 3 aromatic carbocycles. The molecule has 6 heteroatoms. The number of likely N-dealkylation sites (N-methyl/N-ethyl adjacent to an activating group) is 1. The van der Waals surface area contributed by atoms with Crippen molar-refractivity contribution in [3.8, 4) is 5.75 Å². The van der Waals surface area contributed by atoms with Gasteiger partial charge in [0.25, 0.3) is 0 Å². The molecule has 0 amide bonds. The maximum absolute atomic E-state index is 12.8. The van der Waals surface area contributed by atoms with Crippen LogP contribution in [0.5, 0.6) is 5.75 Å². The van der Waals surface area contributed by atoms with Crippen molar-refractivity contribution in [3.63, 3.8) is 0 Å². The van der Waals surface area contributed by atoms with Gasteiger partial charge in [-0.1, -0.05) is 42.5 Å². The van der Waals surface area contributed by atoms with Crippen LogP contribution in [0.2, 0.25) is 0 Å². The molecule has 0 aliphatic carbocycles. The van der Waals surface area contributed by atoms with Crippen LogP contribution in [0.1, 0.15) is 11.6 Å². The van der Waals surface area contributed by atoms with E-state index in [4.69, 9.17) is 4.74 Å². The molecule has 1 N–H and O–H groups in total. The van der Waals surface area contributed by atoms with Crippen LogP contribution >= 0.6 is 0 Å². The number of nitrogens with one attached hydrogen (secondary N) is 1. The van der Waals surface area contributed by atoms with E-state index in [0.717, 1.165) is 22.1 Å². The van der Waals surface area contributed by atoms with Crippen LogP contribution in [0.3, 0.4) is 0 Å². The van der Waals surface area contributed by atoms with Crippen molar-refractivity contribution in [2.24, 2.45) is 0 Å². The number of benzene rings is 3. The Hall–Kier alpha value is -2.41. The number of methoxy groups -OCH3 is 1. The van der Waals surface area contributed by atoms with Crippen LogP contribution in [0.15, 0.2) is 71.6 Å². The number of sulfonamides is 1. The van der Waals surface area contributed by atoms with Gasteiger partial charge in [0.15, 0.2) is 0 Å². The molecule has 142 valence electrons. The molecule has 5 nitrogen and oxygen atoms in total. The maximum atomic E-state index is 12.8. The summed E-state index contributed by atoms with van der Waals surface area (Å²) in [5.41, 5.74) is 0.987. The van der Waals surface area contributed by atoms with Crippen molar-refractivity contribution >= 4 is 20.8 Å². The van der Waals surface area contributed by atoms with Crippen molar-refractivity contribution in [1.29, 1.82) is 0 Å². The first-order valence-electron chi connectivity index (χ1n) is 8.69. The molecule has 0 saturated carbocycles. The summed E-state index contributed by atoms with van der Waals surface area (Å²) in [4.78, 5) is 2.25. The lowest BCUT2D eigenvalue weighted by molar-refractivity contribution is 0.298. The summed E-state index contributed by atoms with van der Waals surface area (Å²) in [5.74, 6) is 0.747. The monoisotopic (exact) mass is 384 g/mol. The molecule has 0 heterocycles. The van der Waals surface area contributed by atoms with Gasteiger partial charge in [-0.2, -0.15) is 0 Å². The second-order valence-electron chi connectivity index (χ2n) is 6.62. The highest BCUT2D eigenvalue weighted by Gasteiger charge is 2.20. The molecule has 1 atom stereocenters. The SMILES string of the molecule is COc1cccc(C(CNS(=O)(=O)c2ccc3ccccc3c2)N(C)C)c1. The normalized spacial score (nSPS) is 13.0.